The zero-order chi connectivity index (χ0) is 48.5. The number of hydrogen-bond donors (Lipinski definition) is 4. The summed E-state index contributed by atoms with van der Waals surface area (Å²) in [5, 5.41) is 26.5. The summed E-state index contributed by atoms with van der Waals surface area (Å²) in [4.78, 5) is 41.0. The number of pyridine rings is 1. The zero-order valence-electron chi connectivity index (χ0n) is 40.2. The molecule has 6 aliphatic rings. The minimum atomic E-state index is -4.66. The molecule has 4 fully saturated rings. The summed E-state index contributed by atoms with van der Waals surface area (Å²) in [5.74, 6) is 0.352. The molecule has 0 unspecified atom stereocenters. The quantitative estimate of drug-likeness (QED) is 0.0723. The van der Waals surface area contributed by atoms with Gasteiger partial charge in [-0.15, -0.1) is 0 Å². The molecule has 3 aromatic carbocycles. The van der Waals surface area contributed by atoms with Gasteiger partial charge >= 0.3 is 0 Å². The van der Waals surface area contributed by atoms with Crippen molar-refractivity contribution in [1.82, 2.24) is 19.6 Å². The lowest BCUT2D eigenvalue weighted by molar-refractivity contribution is -0.384. The third-order valence-corrected chi connectivity index (χ3v) is 17.6. The van der Waals surface area contributed by atoms with Gasteiger partial charge in [0.1, 0.15) is 24.0 Å². The number of nitrogens with zero attached hydrogens (tertiary/aromatic N) is 5. The van der Waals surface area contributed by atoms with Crippen molar-refractivity contribution in [3.8, 4) is 11.6 Å². The van der Waals surface area contributed by atoms with Gasteiger partial charge in [0.15, 0.2) is 11.4 Å². The molecule has 0 radical (unpaired) electrons. The van der Waals surface area contributed by atoms with Gasteiger partial charge in [-0.05, 0) is 143 Å². The minimum Gasteiger partial charge on any atom is -0.489 e. The number of nitro groups is 1. The van der Waals surface area contributed by atoms with E-state index < -0.39 is 31.4 Å². The van der Waals surface area contributed by atoms with E-state index in [-0.39, 0.29) is 41.9 Å². The molecule has 16 nitrogen and oxygen atoms in total. The number of likely N-dealkylation sites (tertiary alicyclic amines) is 1. The molecule has 70 heavy (non-hydrogen) atoms. The van der Waals surface area contributed by atoms with Crippen molar-refractivity contribution in [3.05, 3.63) is 99.7 Å². The first-order chi connectivity index (χ1) is 33.7. The van der Waals surface area contributed by atoms with Crippen molar-refractivity contribution < 1.29 is 32.7 Å². The first kappa shape index (κ1) is 46.5. The number of hydrogen-bond acceptors (Lipinski definition) is 13. The van der Waals surface area contributed by atoms with Gasteiger partial charge in [-0.2, -0.15) is 4.98 Å². The predicted octanol–water partition coefficient (Wildman–Crippen LogP) is 9.33. The molecule has 4 aliphatic heterocycles. The van der Waals surface area contributed by atoms with E-state index in [2.05, 4.69) is 62.9 Å². The second-order valence-electron chi connectivity index (χ2n) is 21.3. The molecule has 2 aromatic heterocycles. The van der Waals surface area contributed by atoms with Gasteiger partial charge in [0.25, 0.3) is 21.6 Å². The Bertz CT molecular complexity index is 2920. The number of aliphatic hydroxyl groups is 1. The van der Waals surface area contributed by atoms with Gasteiger partial charge in [0.05, 0.1) is 39.8 Å². The summed E-state index contributed by atoms with van der Waals surface area (Å²) < 4.78 is 43.0. The average Bonchev–Trinajstić information content (AvgIpc) is 4.02. The van der Waals surface area contributed by atoms with E-state index in [0.717, 1.165) is 75.3 Å². The fraction of sp³-hybridized carbons (Fsp3) is 0.509. The average molecular weight is 973 g/mol. The van der Waals surface area contributed by atoms with Gasteiger partial charge in [0, 0.05) is 54.6 Å². The Kier molecular flexibility index (Phi) is 12.2. The summed E-state index contributed by atoms with van der Waals surface area (Å²) >= 11 is 0. The number of benzene rings is 3. The largest absolute Gasteiger partial charge is 0.489 e. The van der Waals surface area contributed by atoms with Gasteiger partial charge < -0.3 is 34.7 Å². The van der Waals surface area contributed by atoms with Crippen LogP contribution in [0.2, 0.25) is 0 Å². The van der Waals surface area contributed by atoms with Crippen molar-refractivity contribution in [2.75, 3.05) is 47.9 Å². The lowest BCUT2D eigenvalue weighted by Crippen LogP contribution is -2.55. The number of H-pyrrole nitrogens is 1. The second kappa shape index (κ2) is 18.4. The van der Waals surface area contributed by atoms with Crippen LogP contribution in [0.25, 0.3) is 11.0 Å². The molecule has 0 bridgehead atoms. The first-order valence-corrected chi connectivity index (χ1v) is 26.8. The molecule has 5 aromatic rings. The molecule has 1 spiro atoms. The Balaban J connectivity index is 0.844. The van der Waals surface area contributed by atoms with Crippen molar-refractivity contribution >= 4 is 55.4 Å². The predicted molar refractivity (Wildman–Crippen MR) is 269 cm³/mol. The Labute approximate surface area is 409 Å². The van der Waals surface area contributed by atoms with Crippen LogP contribution in [0.15, 0.2) is 77.8 Å². The molecule has 2 saturated heterocycles. The number of aromatic nitrogens is 2. The number of aliphatic hydroxyl groups excluding tert-OH is 1. The highest BCUT2D eigenvalue weighted by atomic mass is 32.2. The molecule has 11 rings (SSSR count). The third kappa shape index (κ3) is 8.82. The van der Waals surface area contributed by atoms with Crippen LogP contribution in [0, 0.1) is 21.4 Å². The van der Waals surface area contributed by atoms with Crippen molar-refractivity contribution in [3.63, 3.8) is 0 Å². The molecule has 1 amide bonds. The smallest absolute Gasteiger partial charge is 0.297 e. The molecule has 4 N–H and O–H groups in total. The number of rotatable bonds is 11. The number of ether oxygens (including phenoxy) is 2. The van der Waals surface area contributed by atoms with E-state index in [1.165, 1.54) is 42.9 Å². The lowest BCUT2D eigenvalue weighted by atomic mass is 9.59. The number of carbonyl (C=O) groups excluding carboxylic acids is 1. The number of aromatic amines is 1. The maximum absolute atomic E-state index is 14.6. The summed E-state index contributed by atoms with van der Waals surface area (Å²) in [6.07, 6.45) is 12.0. The minimum absolute atomic E-state index is 0.0262. The van der Waals surface area contributed by atoms with E-state index >= 15 is 0 Å². The van der Waals surface area contributed by atoms with E-state index in [1.54, 1.807) is 12.3 Å². The number of nitrogens with one attached hydrogen (secondary N) is 3. The molecule has 370 valence electrons. The van der Waals surface area contributed by atoms with Crippen molar-refractivity contribution in [2.24, 2.45) is 11.3 Å². The Morgan fingerprint density at radius 2 is 1.79 bits per heavy atom. The van der Waals surface area contributed by atoms with Crippen LogP contribution in [0.3, 0.4) is 0 Å². The Morgan fingerprint density at radius 1 is 1.00 bits per heavy atom. The molecular weight excluding hydrogens is 909 g/mol. The summed E-state index contributed by atoms with van der Waals surface area (Å²) in [6.45, 7) is 9.91. The van der Waals surface area contributed by atoms with Crippen molar-refractivity contribution in [1.29, 1.82) is 0 Å². The fourth-order valence-corrected chi connectivity index (χ4v) is 13.6. The lowest BCUT2D eigenvalue weighted by Gasteiger charge is -2.56. The van der Waals surface area contributed by atoms with E-state index in [9.17, 15) is 28.4 Å². The number of carbonyl (C=O) groups is 1. The SMILES string of the molecule is CC(C)c1ccccc1[C@@H]1CCCN1C1CC2(CCN(c3ccc(C(=O)NS(=O)(=O)c4cc5c(c([N+](=O)[O-])c4)N[C@H](CC4CCC(O)CC4)CO5)c(N4C[C@H](C)Oc5nc6[nH]ccc6cc54)c3)CC2)C1. The number of nitro benzene ring substituents is 1. The van der Waals surface area contributed by atoms with Gasteiger partial charge in [-0.3, -0.25) is 19.8 Å². The number of anilines is 4. The molecule has 2 saturated carbocycles. The van der Waals surface area contributed by atoms with Crippen LogP contribution < -0.4 is 29.3 Å². The monoisotopic (exact) mass is 972 g/mol. The highest BCUT2D eigenvalue weighted by Crippen LogP contribution is 2.55. The number of piperidine rings is 1. The molecule has 6 heterocycles. The number of amides is 1. The van der Waals surface area contributed by atoms with E-state index in [4.69, 9.17) is 14.5 Å². The molecular formula is C53H64N8O8S. The van der Waals surface area contributed by atoms with E-state index in [0.29, 0.717) is 65.2 Å². The van der Waals surface area contributed by atoms with Crippen LogP contribution in [0.1, 0.15) is 125 Å². The fourth-order valence-electron chi connectivity index (χ4n) is 12.6. The third-order valence-electron chi connectivity index (χ3n) is 16.3. The van der Waals surface area contributed by atoms with Gasteiger partial charge in [-0.25, -0.2) is 13.1 Å². The maximum atomic E-state index is 14.6. The van der Waals surface area contributed by atoms with Crippen LogP contribution in [0.4, 0.5) is 28.4 Å². The topological polar surface area (TPSA) is 195 Å². The second-order valence-corrected chi connectivity index (χ2v) is 22.9. The standard InChI is InChI=1S/C53H64N8O8S/c1-32(2)41-7-4-5-8-42(41)44-9-6-20-59(44)38-28-53(29-38)17-21-58(22-18-53)37-12-15-43(45(25-37)60-30-33(3)69-52-47(60)24-35-16-19-54-50(35)56-52)51(63)57-70(66,67)40-26-46(61(64)65)49-48(27-40)68-31-36(55-49)23-34-10-13-39(62)14-11-34/h4-5,7-8,12,15-16,19,24-27,32-34,36,38-39,44,55,62H,6,9-11,13-14,17-18,20-23,28-31H2,1-3H3,(H,54,56)(H,57,63)/t33-,34?,36+,39?,44-/m0/s1. The number of sulfonamides is 1. The van der Waals surface area contributed by atoms with Crippen LogP contribution in [-0.2, 0) is 10.0 Å². The van der Waals surface area contributed by atoms with Crippen molar-refractivity contribution in [2.45, 2.75) is 133 Å². The van der Waals surface area contributed by atoms with Crippen LogP contribution in [-0.4, -0.2) is 96.3 Å². The number of fused-ring (bicyclic) bond motifs is 3. The zero-order valence-corrected chi connectivity index (χ0v) is 41.0. The highest BCUT2D eigenvalue weighted by molar-refractivity contribution is 7.90. The summed E-state index contributed by atoms with van der Waals surface area (Å²) in [6, 6.07) is 21.5. The summed E-state index contributed by atoms with van der Waals surface area (Å²) in [5.41, 5.74) is 5.73. The summed E-state index contributed by atoms with van der Waals surface area (Å²) in [7, 11) is -4.66. The Hall–Kier alpha value is -5.91. The maximum Gasteiger partial charge on any atom is 0.297 e. The first-order valence-electron chi connectivity index (χ1n) is 25.3. The highest BCUT2D eigenvalue weighted by Gasteiger charge is 2.50. The molecule has 2 aliphatic carbocycles. The molecule has 3 atom stereocenters. The van der Waals surface area contributed by atoms with E-state index in [1.807, 2.05) is 36.1 Å². The molecule has 17 heteroatoms. The van der Waals surface area contributed by atoms with Crippen LogP contribution >= 0.6 is 0 Å². The normalized spacial score (nSPS) is 24.6. The van der Waals surface area contributed by atoms with Gasteiger partial charge in [0.2, 0.25) is 5.88 Å². The van der Waals surface area contributed by atoms with Gasteiger partial charge in [-0.1, -0.05) is 38.1 Å². The Morgan fingerprint density at radius 3 is 2.56 bits per heavy atom. The van der Waals surface area contributed by atoms with Crippen LogP contribution in [0.5, 0.6) is 11.6 Å².